The van der Waals surface area contributed by atoms with Gasteiger partial charge in [-0.25, -0.2) is 0 Å². The van der Waals surface area contributed by atoms with Crippen LogP contribution in [0.4, 0.5) is 13.2 Å². The van der Waals surface area contributed by atoms with Gasteiger partial charge in [-0.1, -0.05) is 6.07 Å². The van der Waals surface area contributed by atoms with Crippen molar-refractivity contribution in [3.05, 3.63) is 34.9 Å². The molecular formula is C12H12F3N. The molecule has 1 heterocycles. The Kier molecular flexibility index (Phi) is 2.05. The number of piperidine rings is 1. The van der Waals surface area contributed by atoms with Gasteiger partial charge in [0.25, 0.3) is 0 Å². The van der Waals surface area contributed by atoms with E-state index in [0.29, 0.717) is 5.92 Å². The highest BCUT2D eigenvalue weighted by atomic mass is 19.4. The molecule has 0 saturated carbocycles. The van der Waals surface area contributed by atoms with Crippen LogP contribution in [0.5, 0.6) is 0 Å². The number of benzene rings is 1. The summed E-state index contributed by atoms with van der Waals surface area (Å²) in [6.45, 7) is 1.71. The third kappa shape index (κ3) is 1.44. The van der Waals surface area contributed by atoms with Crippen LogP contribution in [0.1, 0.15) is 34.9 Å². The lowest BCUT2D eigenvalue weighted by molar-refractivity contribution is -0.137. The fourth-order valence-corrected chi connectivity index (χ4v) is 2.89. The van der Waals surface area contributed by atoms with E-state index in [9.17, 15) is 13.2 Å². The minimum atomic E-state index is -4.22. The predicted molar refractivity (Wildman–Crippen MR) is 54.4 cm³/mol. The Hall–Kier alpha value is -1.03. The highest BCUT2D eigenvalue weighted by molar-refractivity contribution is 5.43. The summed E-state index contributed by atoms with van der Waals surface area (Å²) in [5, 5.41) is 3.27. The van der Waals surface area contributed by atoms with Gasteiger partial charge in [0.1, 0.15) is 0 Å². The van der Waals surface area contributed by atoms with Crippen molar-refractivity contribution < 1.29 is 13.2 Å². The Morgan fingerprint density at radius 2 is 1.75 bits per heavy atom. The molecule has 0 spiro atoms. The Morgan fingerprint density at radius 3 is 2.44 bits per heavy atom. The van der Waals surface area contributed by atoms with Crippen molar-refractivity contribution in [1.29, 1.82) is 0 Å². The van der Waals surface area contributed by atoms with Crippen molar-refractivity contribution in [1.82, 2.24) is 5.32 Å². The van der Waals surface area contributed by atoms with Crippen molar-refractivity contribution in [2.24, 2.45) is 0 Å². The first-order valence-electron chi connectivity index (χ1n) is 5.47. The summed E-state index contributed by atoms with van der Waals surface area (Å²) in [4.78, 5) is 0. The summed E-state index contributed by atoms with van der Waals surface area (Å²) in [6.07, 6.45) is -3.22. The zero-order chi connectivity index (χ0) is 11.3. The van der Waals surface area contributed by atoms with Gasteiger partial charge in [0.15, 0.2) is 0 Å². The SMILES string of the molecule is FC(F)(F)c1ccc2c(c1)[C@H]1CNC[C@@H]2C1. The zero-order valence-electron chi connectivity index (χ0n) is 8.64. The molecule has 4 heteroatoms. The molecule has 1 nitrogen and oxygen atoms in total. The van der Waals surface area contributed by atoms with Gasteiger partial charge in [-0.15, -0.1) is 0 Å². The zero-order valence-corrected chi connectivity index (χ0v) is 8.64. The smallest absolute Gasteiger partial charge is 0.316 e. The molecule has 1 fully saturated rings. The van der Waals surface area contributed by atoms with E-state index in [1.807, 2.05) is 0 Å². The summed E-state index contributed by atoms with van der Waals surface area (Å²) in [5.74, 6) is 0.687. The Labute approximate surface area is 91.7 Å². The third-order valence-electron chi connectivity index (χ3n) is 3.64. The average Bonchev–Trinajstić information content (AvgIpc) is 2.50. The van der Waals surface area contributed by atoms with Gasteiger partial charge < -0.3 is 5.32 Å². The molecule has 1 aliphatic carbocycles. The van der Waals surface area contributed by atoms with Crippen LogP contribution in [0, 0.1) is 0 Å². The van der Waals surface area contributed by atoms with Crippen LogP contribution in [0.2, 0.25) is 0 Å². The third-order valence-corrected chi connectivity index (χ3v) is 3.64. The number of halogens is 3. The van der Waals surface area contributed by atoms with Gasteiger partial charge in [0.2, 0.25) is 0 Å². The fraction of sp³-hybridized carbons (Fsp3) is 0.500. The van der Waals surface area contributed by atoms with E-state index in [0.717, 1.165) is 30.6 Å². The Morgan fingerprint density at radius 1 is 1.06 bits per heavy atom. The number of hydrogen-bond donors (Lipinski definition) is 1. The van der Waals surface area contributed by atoms with Crippen LogP contribution in [-0.2, 0) is 6.18 Å². The molecule has 1 aromatic carbocycles. The molecule has 0 amide bonds. The first-order chi connectivity index (χ1) is 7.55. The van der Waals surface area contributed by atoms with Crippen LogP contribution >= 0.6 is 0 Å². The number of fused-ring (bicyclic) bond motifs is 5. The number of rotatable bonds is 0. The van der Waals surface area contributed by atoms with E-state index in [-0.39, 0.29) is 5.92 Å². The van der Waals surface area contributed by atoms with Crippen molar-refractivity contribution in [2.75, 3.05) is 13.1 Å². The molecule has 2 aliphatic rings. The largest absolute Gasteiger partial charge is 0.416 e. The second-order valence-electron chi connectivity index (χ2n) is 4.63. The molecule has 3 rings (SSSR count). The van der Waals surface area contributed by atoms with E-state index in [2.05, 4.69) is 5.32 Å². The van der Waals surface area contributed by atoms with E-state index in [4.69, 9.17) is 0 Å². The average molecular weight is 227 g/mol. The molecular weight excluding hydrogens is 215 g/mol. The number of alkyl halides is 3. The van der Waals surface area contributed by atoms with Gasteiger partial charge >= 0.3 is 6.18 Å². The Bertz CT molecular complexity index is 425. The highest BCUT2D eigenvalue weighted by Gasteiger charge is 2.37. The van der Waals surface area contributed by atoms with Gasteiger partial charge in [-0.2, -0.15) is 13.2 Å². The molecule has 2 atom stereocenters. The van der Waals surface area contributed by atoms with Crippen molar-refractivity contribution in [3.8, 4) is 0 Å². The maximum absolute atomic E-state index is 12.6. The lowest BCUT2D eigenvalue weighted by atomic mass is 9.98. The molecule has 1 aliphatic heterocycles. The topological polar surface area (TPSA) is 12.0 Å². The molecule has 0 unspecified atom stereocenters. The lowest BCUT2D eigenvalue weighted by Gasteiger charge is -2.19. The summed E-state index contributed by atoms with van der Waals surface area (Å²) in [6, 6.07) is 4.21. The molecule has 0 radical (unpaired) electrons. The van der Waals surface area contributed by atoms with Crippen LogP contribution in [0.25, 0.3) is 0 Å². The van der Waals surface area contributed by atoms with Crippen molar-refractivity contribution in [3.63, 3.8) is 0 Å². The van der Waals surface area contributed by atoms with Crippen LogP contribution in [0.15, 0.2) is 18.2 Å². The normalized spacial score (nSPS) is 27.9. The molecule has 1 aromatic rings. The molecule has 86 valence electrons. The molecule has 1 saturated heterocycles. The first-order valence-corrected chi connectivity index (χ1v) is 5.47. The van der Waals surface area contributed by atoms with Crippen molar-refractivity contribution in [2.45, 2.75) is 24.4 Å². The maximum Gasteiger partial charge on any atom is 0.416 e. The molecule has 0 aromatic heterocycles. The predicted octanol–water partition coefficient (Wildman–Crippen LogP) is 2.88. The molecule has 16 heavy (non-hydrogen) atoms. The van der Waals surface area contributed by atoms with E-state index < -0.39 is 11.7 Å². The number of hydrogen-bond acceptors (Lipinski definition) is 1. The first kappa shape index (κ1) is 10.1. The van der Waals surface area contributed by atoms with E-state index >= 15 is 0 Å². The Balaban J connectivity index is 2.07. The monoisotopic (exact) mass is 227 g/mol. The standard InChI is InChI=1S/C12H12F3N/c13-12(14,15)9-1-2-10-7-3-8(6-16-5-7)11(10)4-9/h1-2,4,7-8,16H,3,5-6H2/t7-,8+/m0/s1. The highest BCUT2D eigenvalue weighted by Crippen LogP contribution is 2.45. The quantitative estimate of drug-likeness (QED) is 0.718. The summed E-state index contributed by atoms with van der Waals surface area (Å²) in [5.41, 5.74) is 1.51. The van der Waals surface area contributed by atoms with Crippen molar-refractivity contribution >= 4 is 0 Å². The summed E-state index contributed by atoms with van der Waals surface area (Å²) < 4.78 is 37.8. The van der Waals surface area contributed by atoms with E-state index in [1.54, 1.807) is 6.07 Å². The minimum Gasteiger partial charge on any atom is -0.316 e. The second kappa shape index (κ2) is 3.23. The van der Waals surface area contributed by atoms with Crippen LogP contribution in [0.3, 0.4) is 0 Å². The molecule has 2 bridgehead atoms. The second-order valence-corrected chi connectivity index (χ2v) is 4.63. The number of nitrogens with one attached hydrogen (secondary N) is 1. The van der Waals surface area contributed by atoms with Gasteiger partial charge in [-0.05, 0) is 41.5 Å². The fourth-order valence-electron chi connectivity index (χ4n) is 2.89. The van der Waals surface area contributed by atoms with Crippen LogP contribution in [-0.4, -0.2) is 13.1 Å². The summed E-state index contributed by atoms with van der Waals surface area (Å²) in [7, 11) is 0. The minimum absolute atomic E-state index is 0.274. The van der Waals surface area contributed by atoms with Gasteiger partial charge in [-0.3, -0.25) is 0 Å². The lowest BCUT2D eigenvalue weighted by Crippen LogP contribution is -2.28. The van der Waals surface area contributed by atoms with E-state index in [1.165, 1.54) is 12.1 Å². The van der Waals surface area contributed by atoms with Crippen LogP contribution < -0.4 is 5.32 Å². The van der Waals surface area contributed by atoms with Gasteiger partial charge in [0, 0.05) is 13.1 Å². The maximum atomic E-state index is 12.6. The summed E-state index contributed by atoms with van der Waals surface area (Å²) >= 11 is 0. The van der Waals surface area contributed by atoms with Gasteiger partial charge in [0.05, 0.1) is 5.56 Å². The molecule has 1 N–H and O–H groups in total.